The molecule has 0 radical (unpaired) electrons. The third-order valence-electron chi connectivity index (χ3n) is 17.7. The number of alkyl halides is 2. The molecule has 33 heteroatoms. The minimum Gasteiger partial charge on any atom is -0.476 e. The van der Waals surface area contributed by atoms with Gasteiger partial charge in [0, 0.05) is 89.4 Å². The van der Waals surface area contributed by atoms with Crippen LogP contribution in [0.2, 0.25) is 0 Å². The van der Waals surface area contributed by atoms with Gasteiger partial charge in [0.05, 0.1) is 54.2 Å². The van der Waals surface area contributed by atoms with Crippen LogP contribution in [0.5, 0.6) is 0 Å². The molecule has 8 aromatic rings. The number of ether oxygens (including phenoxy) is 3. The number of imidazole rings is 3. The largest absolute Gasteiger partial charge is 0.476 e. The fourth-order valence-electron chi connectivity index (χ4n) is 12.2. The van der Waals surface area contributed by atoms with Gasteiger partial charge in [0.15, 0.2) is 5.69 Å². The van der Waals surface area contributed by atoms with Crippen LogP contribution in [0.3, 0.4) is 0 Å². The molecule has 7 N–H and O–H groups in total. The number of carbonyl (C=O) groups is 7. The van der Waals surface area contributed by atoms with Crippen LogP contribution in [-0.4, -0.2) is 148 Å². The van der Waals surface area contributed by atoms with Crippen molar-refractivity contribution in [1.82, 2.24) is 38.1 Å². The van der Waals surface area contributed by atoms with Gasteiger partial charge in [0.25, 0.3) is 5.78 Å². The van der Waals surface area contributed by atoms with Crippen molar-refractivity contribution in [2.45, 2.75) is 235 Å². The summed E-state index contributed by atoms with van der Waals surface area (Å²) in [5.41, 5.74) is 28.3. The van der Waals surface area contributed by atoms with Crippen LogP contribution in [0.15, 0.2) is 67.5 Å². The summed E-state index contributed by atoms with van der Waals surface area (Å²) in [6.07, 6.45) is 36.7. The van der Waals surface area contributed by atoms with Gasteiger partial charge in [0.2, 0.25) is 20.8 Å². The summed E-state index contributed by atoms with van der Waals surface area (Å²) in [6.45, 7) is 18.7. The van der Waals surface area contributed by atoms with E-state index in [0.717, 1.165) is 77.6 Å². The first-order chi connectivity index (χ1) is 52.3. The Bertz CT molecular complexity index is 4340. The van der Waals surface area contributed by atoms with E-state index in [1.165, 1.54) is 165 Å². The van der Waals surface area contributed by atoms with Crippen molar-refractivity contribution >= 4 is 133 Å². The number of nitrogens with zero attached hydrogens (tertiary/aromatic N) is 8. The predicted octanol–water partition coefficient (Wildman–Crippen LogP) is 14.0. The molecule has 0 saturated carbocycles. The lowest BCUT2D eigenvalue weighted by Crippen LogP contribution is -2.23. The average molecular weight is 1710 g/mol. The molecule has 5 aliphatic rings. The predicted molar refractivity (Wildman–Crippen MR) is 436 cm³/mol. The van der Waals surface area contributed by atoms with E-state index in [4.69, 9.17) is 54.0 Å². The van der Waals surface area contributed by atoms with E-state index < -0.39 is 59.7 Å². The summed E-state index contributed by atoms with van der Waals surface area (Å²) >= 11 is 8.87. The summed E-state index contributed by atoms with van der Waals surface area (Å²) in [7, 11) is 2.69. The standard InChI is InChI=1S/C15H18N2O2.C13H15ClN2.C13H16N2O.C9H12N2.C9H11N.C6H9BrO3.C6H10O3.C4H6O3.C2H6O.CH4.Cl2OS.H2O4S/c1-3-19-15(18)13-10(2)17-9-8-11-6-4-5-7-12(11)14(17)16-13;1-9-12(8-14)15-13-11-5-3-2-4-10(11)6-7-16(9)13;1-9-12(8-16)14-13-11-5-3-2-4-10(11)6-7-15(9)13;10-9-8-4-2-1-3-7(8)5-6-11-9;1-2-4-9-7-10-6-5-8(9)3-1;1-3-10-6(9)5(8)4(2)7;1-3-5(7)6(8)9-4-2;1-2-3(5)4(6)7;1-2-3;;1-4(2)3;1-5(2,3)4/h8-9H,3-7H2,1-2H3;6-7H,2-5,8H2,1H3;6-7,16H,2-5,8H2,1H3;5-6H,1-4H2,(H2,10,11);5-7H,1-4H2;4H,3H2,1-2H3;3-4H2,1-2H3;2H2,1H3,(H,6,7);3H,2H2,1H3;1H4;;(H2,1,2,3,4). The van der Waals surface area contributed by atoms with E-state index in [9.17, 15) is 38.7 Å². The number of aliphatic hydroxyl groups is 2. The summed E-state index contributed by atoms with van der Waals surface area (Å²) < 4.78 is 60.9. The third-order valence-corrected chi connectivity index (χ3v) is 18.4. The van der Waals surface area contributed by atoms with Gasteiger partial charge in [-0.2, -0.15) is 8.42 Å². The molecule has 0 fully saturated rings. The van der Waals surface area contributed by atoms with E-state index in [1.807, 2.05) is 43.8 Å². The lowest BCUT2D eigenvalue weighted by Gasteiger charge is -2.16. The second-order valence-electron chi connectivity index (χ2n) is 25.1. The van der Waals surface area contributed by atoms with Crippen LogP contribution in [-0.2, 0) is 139 Å². The van der Waals surface area contributed by atoms with Crippen LogP contribution in [0.4, 0.5) is 5.82 Å². The molecule has 0 amide bonds. The van der Waals surface area contributed by atoms with Gasteiger partial charge in [-0.3, -0.25) is 28.5 Å². The first kappa shape index (κ1) is 99.4. The number of hydrogen-bond donors (Lipinski definition) is 6. The van der Waals surface area contributed by atoms with Crippen LogP contribution in [0.25, 0.3) is 16.9 Å². The Labute approximate surface area is 675 Å². The summed E-state index contributed by atoms with van der Waals surface area (Å²) in [5.74, 6) is -3.66. The lowest BCUT2D eigenvalue weighted by atomic mass is 9.93. The van der Waals surface area contributed by atoms with Gasteiger partial charge in [0.1, 0.15) is 22.8 Å². The van der Waals surface area contributed by atoms with Crippen LogP contribution >= 0.6 is 48.9 Å². The van der Waals surface area contributed by atoms with E-state index >= 15 is 0 Å². The molecule has 1 atom stereocenters. The van der Waals surface area contributed by atoms with Crippen molar-refractivity contribution in [2.24, 2.45) is 0 Å². The minimum atomic E-state index is -4.67. The number of aryl methyl sites for hydroxylation is 12. The van der Waals surface area contributed by atoms with Crippen LogP contribution < -0.4 is 5.73 Å². The molecule has 0 spiro atoms. The monoisotopic (exact) mass is 1710 g/mol. The van der Waals surface area contributed by atoms with Crippen LogP contribution in [0.1, 0.15) is 228 Å². The highest BCUT2D eigenvalue weighted by Crippen LogP contribution is 2.30. The molecule has 0 bridgehead atoms. The number of pyridine rings is 5. The van der Waals surface area contributed by atoms with Gasteiger partial charge in [-0.05, 0) is 270 Å². The highest BCUT2D eigenvalue weighted by atomic mass is 79.9. The molecule has 0 saturated heterocycles. The number of carboxylic acid groups (broad SMARTS) is 1. The van der Waals surface area contributed by atoms with Crippen molar-refractivity contribution in [3.05, 3.63) is 157 Å². The van der Waals surface area contributed by atoms with E-state index in [-0.39, 0.29) is 52.7 Å². The van der Waals surface area contributed by atoms with Gasteiger partial charge >= 0.3 is 34.3 Å². The van der Waals surface area contributed by atoms with Crippen molar-refractivity contribution in [3.63, 3.8) is 0 Å². The third kappa shape index (κ3) is 33.1. The molecular weight excluding hydrogens is 1600 g/mol. The highest BCUT2D eigenvalue weighted by Gasteiger charge is 2.24. The number of anilines is 1. The maximum atomic E-state index is 11.9. The number of carboxylic acids is 1. The first-order valence-corrected chi connectivity index (χ1v) is 42.3. The summed E-state index contributed by atoms with van der Waals surface area (Å²) in [5, 5.41) is 24.6. The molecular formula is C78H109BrCl3N9O18S2. The number of Topliss-reactive ketones (excluding diaryl/α,β-unsaturated/α-hetero) is 3. The number of fused-ring (bicyclic) bond motifs is 11. The number of carbonyl (C=O) groups excluding carboxylic acids is 6. The van der Waals surface area contributed by atoms with Gasteiger partial charge in [-0.15, -0.1) is 11.6 Å². The number of rotatable bonds is 12. The Morgan fingerprint density at radius 1 is 0.559 bits per heavy atom. The molecule has 5 aliphatic carbocycles. The first-order valence-electron chi connectivity index (χ1n) is 36.6. The molecule has 0 aliphatic heterocycles. The number of aliphatic carboxylic acids is 1. The number of hydrogen-bond acceptors (Lipinski definition) is 21. The SMILES string of the molecule is C.CCC(=O)C(=O)O.CCO.CCOC(=O)C(=O)C(C)Br.CCOC(=O)C(=O)CC.CCOC(=O)c1nc2c3c(ccn2c1C)CCCC3.Cc1c(CCl)nc2c3c(ccn12)CCCC3.Cc1c(CO)nc2c3c(ccn12)CCCC3.Nc1nccc2c1CCCC2.O=S(=O)(O)O.O=S(Cl)Cl.c1cc2c(cn1)CCCC2. The summed E-state index contributed by atoms with van der Waals surface area (Å²) in [4.78, 5) is 95.0. The second kappa shape index (κ2) is 52.6. The molecule has 8 aromatic heterocycles. The van der Waals surface area contributed by atoms with E-state index in [0.29, 0.717) is 18.2 Å². The van der Waals surface area contributed by atoms with Crippen LogP contribution in [0, 0.1) is 20.8 Å². The number of aromatic nitrogens is 8. The highest BCUT2D eigenvalue weighted by molar-refractivity contribution is 9.10. The average Bonchev–Trinajstić information content (AvgIpc) is 1.62. The van der Waals surface area contributed by atoms with Gasteiger partial charge < -0.3 is 48.5 Å². The molecule has 8 heterocycles. The molecule has 27 nitrogen and oxygen atoms in total. The zero-order valence-corrected chi connectivity index (χ0v) is 69.7. The zero-order valence-electron chi connectivity index (χ0n) is 64.3. The number of aliphatic hydroxyl groups excluding tert-OH is 2. The lowest BCUT2D eigenvalue weighted by molar-refractivity contribution is -0.153. The molecule has 13 rings (SSSR count). The quantitative estimate of drug-likeness (QED) is 0.0165. The van der Waals surface area contributed by atoms with E-state index in [1.54, 1.807) is 40.8 Å². The van der Waals surface area contributed by atoms with Gasteiger partial charge in [-0.25, -0.2) is 43.3 Å². The maximum absolute atomic E-state index is 11.9. The Balaban J connectivity index is 0.000000428. The summed E-state index contributed by atoms with van der Waals surface area (Å²) in [6, 6.07) is 10.8. The second-order valence-corrected chi connectivity index (χ2v) is 30.2. The van der Waals surface area contributed by atoms with Gasteiger partial charge in [-0.1, -0.05) is 37.2 Å². The minimum absolute atomic E-state index is 0. The topological polar surface area (TPSA) is 403 Å². The molecule has 1 unspecified atom stereocenters. The van der Waals surface area contributed by atoms with Crippen molar-refractivity contribution in [1.29, 1.82) is 0 Å². The number of nitrogens with two attached hydrogens (primary N) is 1. The maximum Gasteiger partial charge on any atom is 0.394 e. The van der Waals surface area contributed by atoms with Crippen molar-refractivity contribution in [3.8, 4) is 0 Å². The Kier molecular flexibility index (Phi) is 47.1. The van der Waals surface area contributed by atoms with E-state index in [2.05, 4.69) is 130 Å². The fraction of sp³-hybridized carbons (Fsp3) is 0.513. The normalized spacial score (nSPS) is 13.3. The Hall–Kier alpha value is -7.65. The number of nitrogen functional groups attached to an aromatic ring is 1. The molecule has 0 aromatic carbocycles. The Morgan fingerprint density at radius 2 is 0.919 bits per heavy atom. The van der Waals surface area contributed by atoms with Crippen molar-refractivity contribution in [2.75, 3.05) is 32.2 Å². The zero-order chi connectivity index (χ0) is 82.2. The number of halogens is 4. The molecule has 614 valence electrons. The fourth-order valence-corrected chi connectivity index (χ4v) is 12.6. The molecule has 111 heavy (non-hydrogen) atoms. The smallest absolute Gasteiger partial charge is 0.394 e. The number of esters is 3. The Morgan fingerprint density at radius 3 is 1.30 bits per heavy atom. The van der Waals surface area contributed by atoms with Crippen molar-refractivity contribution < 1.29 is 84.8 Å². The number of ketones is 3.